The number of hydrogen-bond acceptors (Lipinski definition) is 3. The number of fused-ring (bicyclic) bond motifs is 1. The summed E-state index contributed by atoms with van der Waals surface area (Å²) in [5, 5.41) is 12.1. The molecule has 5 heteroatoms. The molecule has 0 aliphatic heterocycles. The Morgan fingerprint density at radius 1 is 0.952 bits per heavy atom. The summed E-state index contributed by atoms with van der Waals surface area (Å²) in [5.41, 5.74) is 1.79. The summed E-state index contributed by atoms with van der Waals surface area (Å²) in [6.07, 6.45) is 0. The van der Waals surface area contributed by atoms with E-state index < -0.39 is 8.25 Å². The van der Waals surface area contributed by atoms with Crippen LogP contribution in [0.25, 0.3) is 21.9 Å². The van der Waals surface area contributed by atoms with Gasteiger partial charge in [0.05, 0.1) is 0 Å². The smallest absolute Gasteiger partial charge is 0.504 e. The van der Waals surface area contributed by atoms with Crippen LogP contribution in [0.1, 0.15) is 0 Å². The van der Waals surface area contributed by atoms with E-state index in [0.29, 0.717) is 0 Å². The minimum atomic E-state index is -2.80. The third-order valence-corrected chi connectivity index (χ3v) is 3.59. The van der Waals surface area contributed by atoms with Gasteiger partial charge in [-0.25, -0.2) is 4.52 Å². The SMILES string of the molecule is O=[P+](O)Oc1ccc(-c2cccc3ccccc23)cc1O. The number of rotatable bonds is 3. The molecule has 0 bridgehead atoms. The minimum absolute atomic E-state index is 0.0115. The van der Waals surface area contributed by atoms with Gasteiger partial charge in [0.25, 0.3) is 0 Å². The van der Waals surface area contributed by atoms with Crippen LogP contribution in [0.2, 0.25) is 0 Å². The second-order valence-corrected chi connectivity index (χ2v) is 5.20. The van der Waals surface area contributed by atoms with Crippen LogP contribution >= 0.6 is 8.25 Å². The van der Waals surface area contributed by atoms with Crippen LogP contribution in [0.15, 0.2) is 60.7 Å². The summed E-state index contributed by atoms with van der Waals surface area (Å²) < 4.78 is 15.3. The molecule has 0 aromatic heterocycles. The van der Waals surface area contributed by atoms with Crippen LogP contribution in [-0.2, 0) is 4.57 Å². The van der Waals surface area contributed by atoms with Crippen LogP contribution < -0.4 is 4.52 Å². The minimum Gasteiger partial charge on any atom is -0.504 e. The van der Waals surface area contributed by atoms with E-state index in [1.807, 2.05) is 42.5 Å². The van der Waals surface area contributed by atoms with Crippen LogP contribution in [0.3, 0.4) is 0 Å². The van der Waals surface area contributed by atoms with E-state index in [-0.39, 0.29) is 11.5 Å². The molecular formula is C16H12O4P+. The van der Waals surface area contributed by atoms with Crippen molar-refractivity contribution in [3.05, 3.63) is 60.7 Å². The lowest BCUT2D eigenvalue weighted by Gasteiger charge is -2.07. The Balaban J connectivity index is 2.11. The first-order valence-electron chi connectivity index (χ1n) is 6.30. The molecular weight excluding hydrogens is 287 g/mol. The zero-order valence-electron chi connectivity index (χ0n) is 10.9. The van der Waals surface area contributed by atoms with Crippen molar-refractivity contribution in [3.63, 3.8) is 0 Å². The highest BCUT2D eigenvalue weighted by Crippen LogP contribution is 2.37. The predicted molar refractivity (Wildman–Crippen MR) is 81.5 cm³/mol. The molecule has 4 nitrogen and oxygen atoms in total. The van der Waals surface area contributed by atoms with Crippen molar-refractivity contribution >= 4 is 19.0 Å². The van der Waals surface area contributed by atoms with E-state index >= 15 is 0 Å². The molecule has 1 atom stereocenters. The average molecular weight is 299 g/mol. The number of phenolic OH excluding ortho intramolecular Hbond substituents is 1. The van der Waals surface area contributed by atoms with Gasteiger partial charge in [-0.3, -0.25) is 0 Å². The maximum Gasteiger partial charge on any atom is 0.747 e. The van der Waals surface area contributed by atoms with Crippen LogP contribution in [-0.4, -0.2) is 10.00 Å². The number of aromatic hydroxyl groups is 1. The standard InChI is InChI=1S/C16H11O4P/c17-15-10-12(8-9-16(15)20-21(18)19)14-7-3-5-11-4-1-2-6-13(11)14/h1-10H,(H-,17,18,19)/p+1. The molecule has 0 spiro atoms. The molecule has 0 saturated heterocycles. The van der Waals surface area contributed by atoms with Crippen molar-refractivity contribution in [2.24, 2.45) is 0 Å². The van der Waals surface area contributed by atoms with Gasteiger partial charge >= 0.3 is 8.25 Å². The molecule has 0 aliphatic carbocycles. The van der Waals surface area contributed by atoms with Crippen LogP contribution in [0, 0.1) is 0 Å². The van der Waals surface area contributed by atoms with Gasteiger partial charge in [0.15, 0.2) is 5.75 Å². The third kappa shape index (κ3) is 2.72. The summed E-state index contributed by atoms with van der Waals surface area (Å²) in [7, 11) is -2.80. The lowest BCUT2D eigenvalue weighted by molar-refractivity contribution is 0.389. The average Bonchev–Trinajstić information content (AvgIpc) is 2.48. The highest BCUT2D eigenvalue weighted by Gasteiger charge is 2.18. The summed E-state index contributed by atoms with van der Waals surface area (Å²) in [6, 6.07) is 18.6. The fourth-order valence-corrected chi connectivity index (χ4v) is 2.65. The van der Waals surface area contributed by atoms with E-state index in [9.17, 15) is 9.67 Å². The zero-order chi connectivity index (χ0) is 14.8. The second-order valence-electron chi connectivity index (χ2n) is 4.54. The van der Waals surface area contributed by atoms with Gasteiger partial charge in [-0.2, -0.15) is 0 Å². The fraction of sp³-hybridized carbons (Fsp3) is 0. The summed E-state index contributed by atoms with van der Waals surface area (Å²) in [4.78, 5) is 8.73. The maximum absolute atomic E-state index is 10.7. The van der Waals surface area contributed by atoms with Crippen molar-refractivity contribution in [1.82, 2.24) is 0 Å². The second kappa shape index (κ2) is 5.52. The number of phenols is 1. The normalized spacial score (nSPS) is 11.4. The first kappa shape index (κ1) is 13.6. The Bertz CT molecular complexity index is 824. The van der Waals surface area contributed by atoms with E-state index in [4.69, 9.17) is 4.89 Å². The summed E-state index contributed by atoms with van der Waals surface area (Å²) >= 11 is 0. The predicted octanol–water partition coefficient (Wildman–Crippen LogP) is 4.24. The topological polar surface area (TPSA) is 66.8 Å². The molecule has 21 heavy (non-hydrogen) atoms. The summed E-state index contributed by atoms with van der Waals surface area (Å²) in [6.45, 7) is 0. The van der Waals surface area contributed by atoms with Crippen molar-refractivity contribution < 1.29 is 19.1 Å². The lowest BCUT2D eigenvalue weighted by atomic mass is 9.98. The van der Waals surface area contributed by atoms with Gasteiger partial charge in [-0.1, -0.05) is 48.5 Å². The van der Waals surface area contributed by atoms with Gasteiger partial charge in [0, 0.05) is 4.57 Å². The highest BCUT2D eigenvalue weighted by atomic mass is 31.1. The molecule has 0 fully saturated rings. The van der Waals surface area contributed by atoms with Crippen molar-refractivity contribution in [2.75, 3.05) is 0 Å². The Kier molecular flexibility index (Phi) is 3.57. The number of benzene rings is 3. The van der Waals surface area contributed by atoms with Crippen LogP contribution in [0.4, 0.5) is 0 Å². The van der Waals surface area contributed by atoms with E-state index in [2.05, 4.69) is 4.52 Å². The first-order valence-corrected chi connectivity index (χ1v) is 7.43. The Labute approximate surface area is 122 Å². The van der Waals surface area contributed by atoms with E-state index in [1.165, 1.54) is 12.1 Å². The largest absolute Gasteiger partial charge is 0.747 e. The highest BCUT2D eigenvalue weighted by molar-refractivity contribution is 7.32. The first-order chi connectivity index (χ1) is 10.1. The van der Waals surface area contributed by atoms with Gasteiger partial charge in [0.1, 0.15) is 0 Å². The van der Waals surface area contributed by atoms with Gasteiger partial charge < -0.3 is 5.11 Å². The third-order valence-electron chi connectivity index (χ3n) is 3.24. The Morgan fingerprint density at radius 2 is 1.71 bits per heavy atom. The van der Waals surface area contributed by atoms with E-state index in [0.717, 1.165) is 21.9 Å². The Hall–Kier alpha value is -2.42. The van der Waals surface area contributed by atoms with Gasteiger partial charge in [-0.05, 0) is 34.0 Å². The number of hydrogen-bond donors (Lipinski definition) is 2. The monoisotopic (exact) mass is 299 g/mol. The fourth-order valence-electron chi connectivity index (χ4n) is 2.32. The van der Waals surface area contributed by atoms with Crippen molar-refractivity contribution in [1.29, 1.82) is 0 Å². The van der Waals surface area contributed by atoms with Crippen molar-refractivity contribution in [3.8, 4) is 22.6 Å². The zero-order valence-corrected chi connectivity index (χ0v) is 11.8. The molecule has 0 heterocycles. The molecule has 0 radical (unpaired) electrons. The summed E-state index contributed by atoms with van der Waals surface area (Å²) in [5.74, 6) is -0.180. The molecule has 0 amide bonds. The van der Waals surface area contributed by atoms with E-state index in [1.54, 1.807) is 6.07 Å². The molecule has 1 unspecified atom stereocenters. The van der Waals surface area contributed by atoms with Crippen LogP contribution in [0.5, 0.6) is 11.5 Å². The molecule has 104 valence electrons. The molecule has 3 rings (SSSR count). The molecule has 3 aromatic carbocycles. The van der Waals surface area contributed by atoms with Gasteiger partial charge in [-0.15, -0.1) is 4.89 Å². The Morgan fingerprint density at radius 3 is 2.48 bits per heavy atom. The van der Waals surface area contributed by atoms with Crippen molar-refractivity contribution in [2.45, 2.75) is 0 Å². The molecule has 0 aliphatic rings. The molecule has 0 saturated carbocycles. The lowest BCUT2D eigenvalue weighted by Crippen LogP contribution is -1.84. The molecule has 2 N–H and O–H groups in total. The quantitative estimate of drug-likeness (QED) is 0.710. The molecule has 3 aromatic rings. The maximum atomic E-state index is 10.7. The van der Waals surface area contributed by atoms with Gasteiger partial charge in [0.2, 0.25) is 5.75 Å².